The van der Waals surface area contributed by atoms with E-state index in [0.717, 1.165) is 33.6 Å². The van der Waals surface area contributed by atoms with Gasteiger partial charge in [0.1, 0.15) is 18.1 Å². The van der Waals surface area contributed by atoms with E-state index >= 15 is 0 Å². The lowest BCUT2D eigenvalue weighted by Crippen LogP contribution is -2.20. The van der Waals surface area contributed by atoms with Crippen LogP contribution in [0, 0.1) is 6.92 Å². The summed E-state index contributed by atoms with van der Waals surface area (Å²) in [6, 6.07) is 23.3. The van der Waals surface area contributed by atoms with Crippen LogP contribution in [0.15, 0.2) is 93.2 Å². The van der Waals surface area contributed by atoms with Crippen molar-refractivity contribution in [1.82, 2.24) is 9.66 Å². The summed E-state index contributed by atoms with van der Waals surface area (Å²) in [5, 5.41) is 14.2. The molecule has 1 heterocycles. The fraction of sp³-hybridized carbons (Fsp3) is 0.176. The number of carboxylic acid groups (broad SMARTS) is 1. The normalized spacial score (nSPS) is 11.4. The van der Waals surface area contributed by atoms with E-state index < -0.39 is 5.97 Å². The number of aromatic carboxylic acids is 1. The lowest BCUT2D eigenvalue weighted by atomic mass is 9.96. The quantitative estimate of drug-likeness (QED) is 0.168. The second kappa shape index (κ2) is 12.6. The van der Waals surface area contributed by atoms with Crippen LogP contribution in [0.25, 0.3) is 22.3 Å². The molecule has 0 radical (unpaired) electrons. The summed E-state index contributed by atoms with van der Waals surface area (Å²) in [7, 11) is 1.65. The molecule has 5 rings (SSSR count). The minimum absolute atomic E-state index is 0.195. The Labute approximate surface area is 257 Å². The summed E-state index contributed by atoms with van der Waals surface area (Å²) in [6.07, 6.45) is 1.61. The van der Waals surface area contributed by atoms with E-state index in [0.29, 0.717) is 26.9 Å². The largest absolute Gasteiger partial charge is 0.496 e. The van der Waals surface area contributed by atoms with Crippen molar-refractivity contribution in [3.05, 3.63) is 122 Å². The molecule has 0 aliphatic rings. The lowest BCUT2D eigenvalue weighted by Gasteiger charge is -2.17. The van der Waals surface area contributed by atoms with E-state index in [1.807, 2.05) is 55.5 Å². The molecule has 0 fully saturated rings. The Balaban J connectivity index is 1.49. The number of halogens is 1. The topological polar surface area (TPSA) is 103 Å². The van der Waals surface area contributed by atoms with Gasteiger partial charge in [0.05, 0.1) is 34.3 Å². The summed E-state index contributed by atoms with van der Waals surface area (Å²) >= 11 is 3.56. The molecular weight excluding hydrogens is 610 g/mol. The minimum atomic E-state index is -0.972. The number of ether oxygens (including phenoxy) is 2. The van der Waals surface area contributed by atoms with Gasteiger partial charge in [0, 0.05) is 5.56 Å². The van der Waals surface area contributed by atoms with Gasteiger partial charge in [0.25, 0.3) is 5.56 Å². The van der Waals surface area contributed by atoms with Crippen molar-refractivity contribution >= 4 is 39.0 Å². The molecule has 8 nitrogen and oxygen atoms in total. The molecular formula is C34H30BrN3O5. The van der Waals surface area contributed by atoms with Crippen LogP contribution >= 0.6 is 15.9 Å². The van der Waals surface area contributed by atoms with E-state index in [-0.39, 0.29) is 23.6 Å². The number of rotatable bonds is 9. The first-order chi connectivity index (χ1) is 20.7. The predicted molar refractivity (Wildman–Crippen MR) is 172 cm³/mol. The molecule has 1 aromatic heterocycles. The lowest BCUT2D eigenvalue weighted by molar-refractivity contribution is 0.0697. The molecule has 5 aromatic rings. The van der Waals surface area contributed by atoms with Gasteiger partial charge in [-0.25, -0.2) is 9.78 Å². The van der Waals surface area contributed by atoms with Crippen molar-refractivity contribution in [2.24, 2.45) is 5.10 Å². The number of fused-ring (bicyclic) bond motifs is 1. The van der Waals surface area contributed by atoms with E-state index in [2.05, 4.69) is 34.9 Å². The van der Waals surface area contributed by atoms with Crippen LogP contribution in [0.3, 0.4) is 0 Å². The molecule has 0 saturated heterocycles. The van der Waals surface area contributed by atoms with Crippen LogP contribution in [-0.2, 0) is 6.61 Å². The third kappa shape index (κ3) is 6.36. The first kappa shape index (κ1) is 29.7. The number of nitrogens with zero attached hydrogens (tertiary/aromatic N) is 3. The van der Waals surface area contributed by atoms with Crippen LogP contribution < -0.4 is 15.0 Å². The molecule has 0 spiro atoms. The van der Waals surface area contributed by atoms with Gasteiger partial charge >= 0.3 is 5.97 Å². The van der Waals surface area contributed by atoms with E-state index in [4.69, 9.17) is 19.6 Å². The summed E-state index contributed by atoms with van der Waals surface area (Å²) in [5.41, 5.74) is 4.85. The van der Waals surface area contributed by atoms with Crippen LogP contribution in [0.5, 0.6) is 11.5 Å². The average Bonchev–Trinajstić information content (AvgIpc) is 3.00. The van der Waals surface area contributed by atoms with Crippen molar-refractivity contribution in [2.75, 3.05) is 7.11 Å². The summed E-state index contributed by atoms with van der Waals surface area (Å²) in [4.78, 5) is 29.7. The van der Waals surface area contributed by atoms with Gasteiger partial charge in [0.2, 0.25) is 0 Å². The number of carboxylic acids is 1. The Morgan fingerprint density at radius 1 is 1.05 bits per heavy atom. The van der Waals surface area contributed by atoms with Crippen molar-refractivity contribution in [3.63, 3.8) is 0 Å². The fourth-order valence-electron chi connectivity index (χ4n) is 4.72. The SMILES string of the molecule is COc1cc(C)c(-c2nc3ccccc3c(=O)n2N=Cc2ccc(OCc3ccc(C(=O)O)cc3)c(Br)c2)cc1C(C)C. The molecule has 218 valence electrons. The zero-order valence-corrected chi connectivity index (χ0v) is 25.8. The van der Waals surface area contributed by atoms with Gasteiger partial charge < -0.3 is 14.6 Å². The molecule has 0 unspecified atom stereocenters. The van der Waals surface area contributed by atoms with Crippen LogP contribution in [0.1, 0.15) is 52.4 Å². The number of aryl methyl sites for hydroxylation is 1. The highest BCUT2D eigenvalue weighted by Gasteiger charge is 2.18. The Kier molecular flexibility index (Phi) is 8.73. The number of benzene rings is 4. The molecule has 0 aliphatic carbocycles. The van der Waals surface area contributed by atoms with Crippen molar-refractivity contribution in [3.8, 4) is 22.9 Å². The summed E-state index contributed by atoms with van der Waals surface area (Å²) < 4.78 is 13.6. The number of carbonyl (C=O) groups is 1. The Morgan fingerprint density at radius 3 is 2.47 bits per heavy atom. The number of aromatic nitrogens is 2. The van der Waals surface area contributed by atoms with E-state index in [9.17, 15) is 9.59 Å². The first-order valence-electron chi connectivity index (χ1n) is 13.7. The highest BCUT2D eigenvalue weighted by atomic mass is 79.9. The molecule has 43 heavy (non-hydrogen) atoms. The monoisotopic (exact) mass is 639 g/mol. The van der Waals surface area contributed by atoms with Gasteiger partial charge in [-0.1, -0.05) is 38.1 Å². The summed E-state index contributed by atoms with van der Waals surface area (Å²) in [6.45, 7) is 6.42. The zero-order chi connectivity index (χ0) is 30.7. The molecule has 1 N–H and O–H groups in total. The van der Waals surface area contributed by atoms with Gasteiger partial charge in [-0.05, 0) is 106 Å². The highest BCUT2D eigenvalue weighted by Crippen LogP contribution is 2.34. The van der Waals surface area contributed by atoms with Gasteiger partial charge in [-0.3, -0.25) is 4.79 Å². The third-order valence-electron chi connectivity index (χ3n) is 7.07. The highest BCUT2D eigenvalue weighted by molar-refractivity contribution is 9.10. The second-order valence-corrected chi connectivity index (χ2v) is 11.2. The third-order valence-corrected chi connectivity index (χ3v) is 7.69. The van der Waals surface area contributed by atoms with Crippen molar-refractivity contribution in [1.29, 1.82) is 0 Å². The maximum Gasteiger partial charge on any atom is 0.335 e. The van der Waals surface area contributed by atoms with Crippen LogP contribution in [0.4, 0.5) is 0 Å². The molecule has 9 heteroatoms. The standard InChI is InChI=1S/C34H30BrN3O5/c1-20(2)26-17-27(21(3)15-31(26)42-4)32-37-29-8-6-5-7-25(29)33(39)38(32)36-18-23-11-14-30(28(35)16-23)43-19-22-9-12-24(13-10-22)34(40)41/h5-18,20H,19H2,1-4H3,(H,40,41). The molecule has 0 aliphatic heterocycles. The Morgan fingerprint density at radius 2 is 1.79 bits per heavy atom. The maximum atomic E-state index is 13.7. The first-order valence-corrected chi connectivity index (χ1v) is 14.4. The minimum Gasteiger partial charge on any atom is -0.496 e. The number of para-hydroxylation sites is 1. The van der Waals surface area contributed by atoms with E-state index in [1.54, 1.807) is 43.7 Å². The van der Waals surface area contributed by atoms with Gasteiger partial charge in [-0.2, -0.15) is 9.78 Å². The molecule has 0 saturated carbocycles. The van der Waals surface area contributed by atoms with Gasteiger partial charge in [0.15, 0.2) is 5.82 Å². The second-order valence-electron chi connectivity index (χ2n) is 10.4. The molecule has 0 amide bonds. The summed E-state index contributed by atoms with van der Waals surface area (Å²) in [5.74, 6) is 1.06. The van der Waals surface area contributed by atoms with Crippen molar-refractivity contribution in [2.45, 2.75) is 33.3 Å². The molecule has 4 aromatic carbocycles. The maximum absolute atomic E-state index is 13.7. The predicted octanol–water partition coefficient (Wildman–Crippen LogP) is 7.43. The Bertz CT molecular complexity index is 1910. The van der Waals surface area contributed by atoms with Crippen LogP contribution in [0.2, 0.25) is 0 Å². The number of hydrogen-bond donors (Lipinski definition) is 1. The van der Waals surface area contributed by atoms with Crippen LogP contribution in [-0.4, -0.2) is 34.1 Å². The van der Waals surface area contributed by atoms with E-state index in [1.165, 1.54) is 4.68 Å². The fourth-order valence-corrected chi connectivity index (χ4v) is 5.23. The molecule has 0 atom stereocenters. The smallest absolute Gasteiger partial charge is 0.335 e. The van der Waals surface area contributed by atoms with Gasteiger partial charge in [-0.15, -0.1) is 0 Å². The molecule has 0 bridgehead atoms. The number of methoxy groups -OCH3 is 1. The zero-order valence-electron chi connectivity index (χ0n) is 24.2. The average molecular weight is 641 g/mol. The van der Waals surface area contributed by atoms with Crippen molar-refractivity contribution < 1.29 is 19.4 Å². The Hall–Kier alpha value is -4.76. The number of hydrogen-bond acceptors (Lipinski definition) is 6.